The molecule has 108 valence electrons. The second-order valence-electron chi connectivity index (χ2n) is 4.66. The first-order valence-corrected chi connectivity index (χ1v) is 7.37. The average Bonchev–Trinajstić information content (AvgIpc) is 2.84. The summed E-state index contributed by atoms with van der Waals surface area (Å²) in [7, 11) is 1.46. The van der Waals surface area contributed by atoms with E-state index in [1.165, 1.54) is 23.7 Å². The van der Waals surface area contributed by atoms with Crippen molar-refractivity contribution in [2.75, 3.05) is 17.7 Å². The van der Waals surface area contributed by atoms with Crippen LogP contribution in [0, 0.1) is 25.2 Å². The molecule has 6 heteroatoms. The zero-order chi connectivity index (χ0) is 15.6. The van der Waals surface area contributed by atoms with Crippen LogP contribution in [0.15, 0.2) is 28.8 Å². The van der Waals surface area contributed by atoms with Gasteiger partial charge in [-0.1, -0.05) is 17.8 Å². The molecule has 2 rings (SSSR count). The summed E-state index contributed by atoms with van der Waals surface area (Å²) in [4.78, 5) is 25.4. The normalized spacial score (nSPS) is 16.7. The number of amides is 2. The number of benzene rings is 1. The topological polar surface area (TPSA) is 73.2 Å². The van der Waals surface area contributed by atoms with Crippen molar-refractivity contribution in [3.05, 3.63) is 39.9 Å². The monoisotopic (exact) mass is 301 g/mol. The summed E-state index contributed by atoms with van der Waals surface area (Å²) in [6, 6.07) is 7.53. The maximum atomic E-state index is 12.1. The minimum absolute atomic E-state index is 0.0356. The predicted octanol–water partition coefficient (Wildman–Crippen LogP) is 1.86. The van der Waals surface area contributed by atoms with E-state index in [9.17, 15) is 14.9 Å². The van der Waals surface area contributed by atoms with Gasteiger partial charge in [-0.3, -0.25) is 14.5 Å². The molecular weight excluding hydrogens is 286 g/mol. The fourth-order valence-corrected chi connectivity index (χ4v) is 3.01. The second-order valence-corrected chi connectivity index (χ2v) is 5.62. The Hall–Kier alpha value is -2.26. The molecule has 0 atom stereocenters. The van der Waals surface area contributed by atoms with Gasteiger partial charge in [-0.2, -0.15) is 5.26 Å². The number of aryl methyl sites for hydroxylation is 2. The van der Waals surface area contributed by atoms with Crippen LogP contribution in [0.2, 0.25) is 0 Å². The van der Waals surface area contributed by atoms with Crippen molar-refractivity contribution in [1.82, 2.24) is 5.32 Å². The zero-order valence-corrected chi connectivity index (χ0v) is 12.9. The fourth-order valence-electron chi connectivity index (χ4n) is 2.00. The number of anilines is 1. The quantitative estimate of drug-likeness (QED) is 0.668. The minimum Gasteiger partial charge on any atom is -0.354 e. The molecule has 1 N–H and O–H groups in total. The predicted molar refractivity (Wildman–Crippen MR) is 82.6 cm³/mol. The van der Waals surface area contributed by atoms with E-state index in [0.29, 0.717) is 10.7 Å². The van der Waals surface area contributed by atoms with Gasteiger partial charge in [-0.15, -0.1) is 0 Å². The molecule has 1 heterocycles. The Bertz CT molecular complexity index is 689. The highest BCUT2D eigenvalue weighted by Gasteiger charge is 2.32. The van der Waals surface area contributed by atoms with Gasteiger partial charge in [0.15, 0.2) is 0 Å². The summed E-state index contributed by atoms with van der Waals surface area (Å²) in [5, 5.41) is 12.0. The van der Waals surface area contributed by atoms with E-state index < -0.39 is 5.91 Å². The number of nitrogens with one attached hydrogen (secondary N) is 1. The number of likely N-dealkylation sites (N-methyl/N-ethyl adjacent to an activating group) is 1. The SMILES string of the molecule is CNC(=O)/C(C#N)=C1\SCC(=O)N1c1ccc(C)c(C)c1. The summed E-state index contributed by atoms with van der Waals surface area (Å²) >= 11 is 1.21. The van der Waals surface area contributed by atoms with Crippen LogP contribution < -0.4 is 10.2 Å². The third-order valence-corrected chi connectivity index (χ3v) is 4.36. The molecule has 0 radical (unpaired) electrons. The Morgan fingerprint density at radius 3 is 2.67 bits per heavy atom. The first-order chi connectivity index (χ1) is 9.99. The van der Waals surface area contributed by atoms with Crippen LogP contribution in [0.5, 0.6) is 0 Å². The highest BCUT2D eigenvalue weighted by molar-refractivity contribution is 8.04. The highest BCUT2D eigenvalue weighted by Crippen LogP contribution is 2.36. The molecule has 1 aromatic rings. The van der Waals surface area contributed by atoms with Gasteiger partial charge in [0.1, 0.15) is 16.7 Å². The summed E-state index contributed by atoms with van der Waals surface area (Å²) in [6.07, 6.45) is 0. The number of nitriles is 1. The highest BCUT2D eigenvalue weighted by atomic mass is 32.2. The van der Waals surface area contributed by atoms with Crippen LogP contribution in [-0.2, 0) is 9.59 Å². The third kappa shape index (κ3) is 2.78. The van der Waals surface area contributed by atoms with Gasteiger partial charge in [0, 0.05) is 12.7 Å². The lowest BCUT2D eigenvalue weighted by Crippen LogP contribution is -2.28. The van der Waals surface area contributed by atoms with E-state index >= 15 is 0 Å². The van der Waals surface area contributed by atoms with Crippen molar-refractivity contribution in [3.8, 4) is 6.07 Å². The lowest BCUT2D eigenvalue weighted by atomic mass is 10.1. The van der Waals surface area contributed by atoms with Crippen LogP contribution in [-0.4, -0.2) is 24.6 Å². The summed E-state index contributed by atoms with van der Waals surface area (Å²) in [5.74, 6) is -0.386. The molecule has 1 aromatic carbocycles. The first kappa shape index (κ1) is 15.1. The van der Waals surface area contributed by atoms with E-state index in [1.54, 1.807) is 0 Å². The molecule has 0 aliphatic carbocycles. The number of hydrogen-bond donors (Lipinski definition) is 1. The molecule has 0 bridgehead atoms. The molecule has 0 saturated carbocycles. The average molecular weight is 301 g/mol. The van der Waals surface area contributed by atoms with Crippen LogP contribution in [0.3, 0.4) is 0 Å². The molecule has 5 nitrogen and oxygen atoms in total. The minimum atomic E-state index is -0.483. The van der Waals surface area contributed by atoms with E-state index in [0.717, 1.165) is 11.1 Å². The van der Waals surface area contributed by atoms with Gasteiger partial charge in [-0.05, 0) is 37.1 Å². The Morgan fingerprint density at radius 1 is 1.38 bits per heavy atom. The van der Waals surface area contributed by atoms with Gasteiger partial charge in [0.2, 0.25) is 5.91 Å². The van der Waals surface area contributed by atoms with Crippen LogP contribution in [0.1, 0.15) is 11.1 Å². The molecule has 2 amide bonds. The lowest BCUT2D eigenvalue weighted by Gasteiger charge is -2.19. The van der Waals surface area contributed by atoms with Gasteiger partial charge in [0.05, 0.1) is 5.75 Å². The van der Waals surface area contributed by atoms with Crippen molar-refractivity contribution in [2.24, 2.45) is 0 Å². The van der Waals surface area contributed by atoms with Crippen molar-refractivity contribution in [3.63, 3.8) is 0 Å². The molecule has 21 heavy (non-hydrogen) atoms. The van der Waals surface area contributed by atoms with Gasteiger partial charge in [-0.25, -0.2) is 0 Å². The maximum absolute atomic E-state index is 12.1. The van der Waals surface area contributed by atoms with E-state index in [1.807, 2.05) is 38.1 Å². The molecule has 1 aliphatic rings. The molecule has 0 spiro atoms. The summed E-state index contributed by atoms with van der Waals surface area (Å²) in [6.45, 7) is 3.95. The standard InChI is InChI=1S/C15H15N3O2S/c1-9-4-5-11(6-10(9)2)18-13(19)8-21-15(18)12(7-16)14(20)17-3/h4-6H,8H2,1-3H3,(H,17,20)/b15-12-. The number of thioether (sulfide) groups is 1. The van der Waals surface area contributed by atoms with Crippen molar-refractivity contribution < 1.29 is 9.59 Å². The number of carbonyl (C=O) groups excluding carboxylic acids is 2. The fraction of sp³-hybridized carbons (Fsp3) is 0.267. The van der Waals surface area contributed by atoms with E-state index in [2.05, 4.69) is 5.32 Å². The molecule has 1 aliphatic heterocycles. The van der Waals surface area contributed by atoms with Gasteiger partial charge in [0.25, 0.3) is 5.91 Å². The number of hydrogen-bond acceptors (Lipinski definition) is 4. The Labute approximate surface area is 127 Å². The molecule has 0 unspecified atom stereocenters. The Morgan fingerprint density at radius 2 is 2.10 bits per heavy atom. The Kier molecular flexibility index (Phi) is 4.34. The van der Waals surface area contributed by atoms with E-state index in [4.69, 9.17) is 0 Å². The molecular formula is C15H15N3O2S. The van der Waals surface area contributed by atoms with Crippen LogP contribution in [0.25, 0.3) is 0 Å². The summed E-state index contributed by atoms with van der Waals surface area (Å²) < 4.78 is 0. The first-order valence-electron chi connectivity index (χ1n) is 6.39. The molecule has 1 fully saturated rings. The summed E-state index contributed by atoms with van der Waals surface area (Å²) in [5.41, 5.74) is 2.82. The smallest absolute Gasteiger partial charge is 0.264 e. The number of carbonyl (C=O) groups is 2. The van der Waals surface area contributed by atoms with Crippen LogP contribution >= 0.6 is 11.8 Å². The van der Waals surface area contributed by atoms with Crippen molar-refractivity contribution >= 4 is 29.3 Å². The number of nitrogens with zero attached hydrogens (tertiary/aromatic N) is 2. The Balaban J connectivity index is 2.56. The van der Waals surface area contributed by atoms with E-state index in [-0.39, 0.29) is 17.2 Å². The van der Waals surface area contributed by atoms with Gasteiger partial charge >= 0.3 is 0 Å². The molecule has 1 saturated heterocycles. The van der Waals surface area contributed by atoms with Gasteiger partial charge < -0.3 is 5.32 Å². The maximum Gasteiger partial charge on any atom is 0.264 e. The zero-order valence-electron chi connectivity index (χ0n) is 12.1. The van der Waals surface area contributed by atoms with Crippen LogP contribution in [0.4, 0.5) is 5.69 Å². The number of rotatable bonds is 2. The van der Waals surface area contributed by atoms with Crippen molar-refractivity contribution in [2.45, 2.75) is 13.8 Å². The molecule has 0 aromatic heterocycles. The second kappa shape index (κ2) is 6.02. The van der Waals surface area contributed by atoms with Crippen molar-refractivity contribution in [1.29, 1.82) is 5.26 Å². The third-order valence-electron chi connectivity index (χ3n) is 3.31. The largest absolute Gasteiger partial charge is 0.354 e. The lowest BCUT2D eigenvalue weighted by molar-refractivity contribution is -0.116.